The molecule has 0 saturated heterocycles. The van der Waals surface area contributed by atoms with Gasteiger partial charge >= 0.3 is 0 Å². The van der Waals surface area contributed by atoms with Crippen LogP contribution in [0.15, 0.2) is 41.5 Å². The summed E-state index contributed by atoms with van der Waals surface area (Å²) in [5, 5.41) is 5.94. The number of carbonyl (C=O) groups is 3. The molecule has 8 nitrogen and oxygen atoms in total. The van der Waals surface area contributed by atoms with Crippen molar-refractivity contribution in [3.8, 4) is 0 Å². The third-order valence-corrected chi connectivity index (χ3v) is 8.40. The van der Waals surface area contributed by atoms with Crippen molar-refractivity contribution in [1.82, 2.24) is 9.88 Å². The Morgan fingerprint density at radius 1 is 1.08 bits per heavy atom. The largest absolute Gasteiger partial charge is 0.325 e. The quantitative estimate of drug-likeness (QED) is 0.666. The minimum atomic E-state index is -0.648. The van der Waals surface area contributed by atoms with Crippen molar-refractivity contribution in [2.24, 2.45) is 10.4 Å². The molecule has 2 spiro atoms. The highest BCUT2D eigenvalue weighted by Gasteiger charge is 2.52. The lowest BCUT2D eigenvalue weighted by Gasteiger charge is -2.38. The molecule has 0 unspecified atom stereocenters. The topological polar surface area (TPSA) is 104 Å². The van der Waals surface area contributed by atoms with E-state index in [2.05, 4.69) is 15.6 Å². The second-order valence-electron chi connectivity index (χ2n) is 12.0. The lowest BCUT2D eigenvalue weighted by atomic mass is 9.79. The predicted octanol–water partition coefficient (Wildman–Crippen LogP) is 4.00. The van der Waals surface area contributed by atoms with Crippen LogP contribution in [0.5, 0.6) is 0 Å². The number of anilines is 2. The van der Waals surface area contributed by atoms with Gasteiger partial charge in [0.05, 0.1) is 5.41 Å². The van der Waals surface area contributed by atoms with Gasteiger partial charge in [-0.3, -0.25) is 19.4 Å². The monoisotopic (exact) mass is 499 g/mol. The molecule has 6 rings (SSSR count). The zero-order valence-electron chi connectivity index (χ0n) is 21.7. The molecule has 37 heavy (non-hydrogen) atoms. The van der Waals surface area contributed by atoms with Gasteiger partial charge in [0.15, 0.2) is 0 Å². The van der Waals surface area contributed by atoms with E-state index >= 15 is 0 Å². The van der Waals surface area contributed by atoms with Crippen LogP contribution in [0.3, 0.4) is 0 Å². The first-order chi connectivity index (χ1) is 17.6. The number of hydrogen-bond donors (Lipinski definition) is 2. The molecule has 1 saturated carbocycles. The van der Waals surface area contributed by atoms with Crippen molar-refractivity contribution in [3.63, 3.8) is 0 Å². The molecular formula is C29H33N5O3. The average Bonchev–Trinajstić information content (AvgIpc) is 3.46. The standard InChI is InChI=1S/C29H33N5O3/c1-27(2,3)23-25(36)34(29(33-23)11-5-4-6-12-29)17-22(35)31-20-10-9-18-15-28(16-19(18)14-20)21-8-7-13-30-24(21)32-26(28)37/h7-10,13-14H,4-6,11-12,15-17H2,1-3H3,(H,31,35)(H,30,32,37)/t28-/m1/s1. The average molecular weight is 500 g/mol. The van der Waals surface area contributed by atoms with E-state index in [4.69, 9.17) is 4.99 Å². The van der Waals surface area contributed by atoms with E-state index in [0.29, 0.717) is 30.1 Å². The van der Waals surface area contributed by atoms with Crippen molar-refractivity contribution in [3.05, 3.63) is 53.2 Å². The van der Waals surface area contributed by atoms with Gasteiger partial charge in [0.1, 0.15) is 23.7 Å². The maximum atomic E-state index is 13.4. The number of pyridine rings is 1. The Kier molecular flexibility index (Phi) is 5.30. The van der Waals surface area contributed by atoms with Crippen LogP contribution in [-0.2, 0) is 32.6 Å². The Morgan fingerprint density at radius 3 is 2.59 bits per heavy atom. The number of aliphatic imine (C=N–C) groups is 1. The SMILES string of the molecule is CC(C)(C)C1=NC2(CCCCC2)N(CC(=O)Nc2ccc3c(c2)C[C@@]2(C3)C(=O)Nc3ncccc32)C1=O. The number of amides is 3. The van der Waals surface area contributed by atoms with Gasteiger partial charge in [-0.15, -0.1) is 0 Å². The van der Waals surface area contributed by atoms with Crippen LogP contribution in [0, 0.1) is 5.41 Å². The normalized spacial score (nSPS) is 23.8. The molecule has 0 bridgehead atoms. The lowest BCUT2D eigenvalue weighted by Crippen LogP contribution is -2.51. The summed E-state index contributed by atoms with van der Waals surface area (Å²) in [5.41, 5.74) is 2.70. The van der Waals surface area contributed by atoms with E-state index < -0.39 is 11.1 Å². The number of hydrogen-bond acceptors (Lipinski definition) is 5. The molecular weight excluding hydrogens is 466 g/mol. The van der Waals surface area contributed by atoms with Gasteiger partial charge in [0.2, 0.25) is 11.8 Å². The molecule has 3 heterocycles. The fourth-order valence-electron chi connectivity index (χ4n) is 6.53. The third-order valence-electron chi connectivity index (χ3n) is 8.40. The molecule has 1 aromatic heterocycles. The lowest BCUT2D eigenvalue weighted by molar-refractivity contribution is -0.134. The van der Waals surface area contributed by atoms with E-state index in [1.54, 1.807) is 11.1 Å². The zero-order chi connectivity index (χ0) is 26.0. The zero-order valence-corrected chi connectivity index (χ0v) is 21.7. The van der Waals surface area contributed by atoms with E-state index in [1.807, 2.05) is 51.1 Å². The summed E-state index contributed by atoms with van der Waals surface area (Å²) in [7, 11) is 0. The van der Waals surface area contributed by atoms with Crippen LogP contribution >= 0.6 is 0 Å². The highest BCUT2D eigenvalue weighted by molar-refractivity contribution is 6.42. The second kappa shape index (κ2) is 8.23. The van der Waals surface area contributed by atoms with Gasteiger partial charge in [-0.1, -0.05) is 39.3 Å². The first-order valence-electron chi connectivity index (χ1n) is 13.2. The maximum absolute atomic E-state index is 13.4. The number of nitrogens with zero attached hydrogens (tertiary/aromatic N) is 3. The Labute approximate surface area is 216 Å². The molecule has 8 heteroatoms. The minimum absolute atomic E-state index is 0.0234. The van der Waals surface area contributed by atoms with Crippen molar-refractivity contribution < 1.29 is 14.4 Å². The Hall–Kier alpha value is -3.55. The van der Waals surface area contributed by atoms with Gasteiger partial charge in [-0.05, 0) is 67.9 Å². The molecule has 1 fully saturated rings. The van der Waals surface area contributed by atoms with Crippen molar-refractivity contribution >= 4 is 34.9 Å². The van der Waals surface area contributed by atoms with Crippen LogP contribution in [0.2, 0.25) is 0 Å². The molecule has 2 aliphatic carbocycles. The number of benzene rings is 1. The van der Waals surface area contributed by atoms with Gasteiger partial charge in [-0.2, -0.15) is 0 Å². The number of carbonyl (C=O) groups excluding carboxylic acids is 3. The van der Waals surface area contributed by atoms with Crippen molar-refractivity contribution in [2.75, 3.05) is 17.2 Å². The highest BCUT2D eigenvalue weighted by Crippen LogP contribution is 2.47. The molecule has 0 radical (unpaired) electrons. The van der Waals surface area contributed by atoms with Crippen molar-refractivity contribution in [2.45, 2.75) is 76.8 Å². The first kappa shape index (κ1) is 23.8. The van der Waals surface area contributed by atoms with Gasteiger partial charge in [0.25, 0.3) is 5.91 Å². The van der Waals surface area contributed by atoms with Crippen LogP contribution < -0.4 is 10.6 Å². The van der Waals surface area contributed by atoms with Crippen LogP contribution in [-0.4, -0.2) is 45.5 Å². The summed E-state index contributed by atoms with van der Waals surface area (Å²) in [6.07, 6.45) is 7.59. The fourth-order valence-corrected chi connectivity index (χ4v) is 6.53. The van der Waals surface area contributed by atoms with Crippen LogP contribution in [0.4, 0.5) is 11.5 Å². The van der Waals surface area contributed by atoms with E-state index in [-0.39, 0.29) is 29.7 Å². The number of rotatable bonds is 3. The number of nitrogens with one attached hydrogen (secondary N) is 2. The summed E-state index contributed by atoms with van der Waals surface area (Å²) in [6.45, 7) is 5.98. The highest BCUT2D eigenvalue weighted by atomic mass is 16.2. The minimum Gasteiger partial charge on any atom is -0.325 e. The van der Waals surface area contributed by atoms with E-state index in [1.165, 1.54) is 0 Å². The Bertz CT molecular complexity index is 1350. The summed E-state index contributed by atoms with van der Waals surface area (Å²) in [6, 6.07) is 9.67. The smallest absolute Gasteiger partial charge is 0.270 e. The predicted molar refractivity (Wildman–Crippen MR) is 141 cm³/mol. The summed E-state index contributed by atoms with van der Waals surface area (Å²) in [4.78, 5) is 50.6. The van der Waals surface area contributed by atoms with Gasteiger partial charge in [0, 0.05) is 22.9 Å². The number of aromatic nitrogens is 1. The Balaban J connectivity index is 1.20. The van der Waals surface area contributed by atoms with Gasteiger partial charge < -0.3 is 15.5 Å². The molecule has 2 aliphatic heterocycles. The first-order valence-corrected chi connectivity index (χ1v) is 13.2. The molecule has 1 aromatic carbocycles. The van der Waals surface area contributed by atoms with Gasteiger partial charge in [-0.25, -0.2) is 4.98 Å². The summed E-state index contributed by atoms with van der Waals surface area (Å²) in [5.74, 6) is 0.255. The molecule has 2 aromatic rings. The molecule has 2 N–H and O–H groups in total. The van der Waals surface area contributed by atoms with Crippen LogP contribution in [0.25, 0.3) is 0 Å². The fraction of sp³-hybridized carbons (Fsp3) is 0.483. The van der Waals surface area contributed by atoms with E-state index in [0.717, 1.165) is 48.8 Å². The summed E-state index contributed by atoms with van der Waals surface area (Å²) >= 11 is 0. The van der Waals surface area contributed by atoms with Crippen LogP contribution in [0.1, 0.15) is 69.6 Å². The molecule has 192 valence electrons. The maximum Gasteiger partial charge on any atom is 0.270 e. The molecule has 1 atom stereocenters. The molecule has 3 amide bonds. The molecule has 4 aliphatic rings. The van der Waals surface area contributed by atoms with Crippen molar-refractivity contribution in [1.29, 1.82) is 0 Å². The third kappa shape index (κ3) is 3.76. The Morgan fingerprint density at radius 2 is 1.84 bits per heavy atom. The summed E-state index contributed by atoms with van der Waals surface area (Å²) < 4.78 is 0. The number of fused-ring (bicyclic) bond motifs is 3. The second-order valence-corrected chi connectivity index (χ2v) is 12.0. The van der Waals surface area contributed by atoms with E-state index in [9.17, 15) is 14.4 Å².